The maximum Gasteiger partial charge on any atom is 0.241 e. The highest BCUT2D eigenvalue weighted by atomic mass is 79.9. The van der Waals surface area contributed by atoms with Crippen molar-refractivity contribution in [1.29, 1.82) is 0 Å². The van der Waals surface area contributed by atoms with Crippen molar-refractivity contribution in [3.8, 4) is 0 Å². The monoisotopic (exact) mass is 337 g/mol. The minimum absolute atomic E-state index is 0.151. The summed E-state index contributed by atoms with van der Waals surface area (Å²) in [5.41, 5.74) is 0. The van der Waals surface area contributed by atoms with Crippen LogP contribution in [0.1, 0.15) is 31.1 Å². The van der Waals surface area contributed by atoms with Crippen LogP contribution in [0.3, 0.4) is 0 Å². The smallest absolute Gasteiger partial charge is 0.208 e. The van der Waals surface area contributed by atoms with E-state index in [0.717, 1.165) is 27.9 Å². The van der Waals surface area contributed by atoms with E-state index in [2.05, 4.69) is 27.6 Å². The quantitative estimate of drug-likeness (QED) is 0.896. The number of sulfonamides is 1. The van der Waals surface area contributed by atoms with Gasteiger partial charge < -0.3 is 0 Å². The molecule has 6 heteroatoms. The molecular formula is C11H16BrNO2S2. The van der Waals surface area contributed by atoms with E-state index in [9.17, 15) is 8.42 Å². The van der Waals surface area contributed by atoms with Crippen LogP contribution in [0.5, 0.6) is 0 Å². The maximum absolute atomic E-state index is 12.1. The Morgan fingerprint density at radius 3 is 2.82 bits per heavy atom. The van der Waals surface area contributed by atoms with E-state index in [0.29, 0.717) is 10.8 Å². The number of halogens is 1. The molecule has 1 fully saturated rings. The first-order valence-corrected chi connectivity index (χ1v) is 8.81. The molecule has 1 aliphatic rings. The predicted molar refractivity (Wildman–Crippen MR) is 73.9 cm³/mol. The number of aryl methyl sites for hydroxylation is 1. The van der Waals surface area contributed by atoms with Gasteiger partial charge in [0.2, 0.25) is 10.0 Å². The average Bonchev–Trinajstić information content (AvgIpc) is 2.81. The van der Waals surface area contributed by atoms with E-state index in [1.54, 1.807) is 6.07 Å². The van der Waals surface area contributed by atoms with Crippen LogP contribution in [-0.2, 0) is 10.0 Å². The van der Waals surface area contributed by atoms with Crippen LogP contribution >= 0.6 is 27.3 Å². The van der Waals surface area contributed by atoms with Crippen LogP contribution < -0.4 is 4.72 Å². The van der Waals surface area contributed by atoms with Crippen molar-refractivity contribution >= 4 is 37.3 Å². The Kier molecular flexibility index (Phi) is 3.97. The Morgan fingerprint density at radius 1 is 1.59 bits per heavy atom. The van der Waals surface area contributed by atoms with Gasteiger partial charge >= 0.3 is 0 Å². The number of nitrogens with one attached hydrogen (secondary N) is 1. The van der Waals surface area contributed by atoms with E-state index >= 15 is 0 Å². The van der Waals surface area contributed by atoms with Crippen molar-refractivity contribution in [3.63, 3.8) is 0 Å². The summed E-state index contributed by atoms with van der Waals surface area (Å²) in [5.74, 6) is 0.539. The number of hydrogen-bond donors (Lipinski definition) is 1. The van der Waals surface area contributed by atoms with Gasteiger partial charge in [-0.3, -0.25) is 0 Å². The topological polar surface area (TPSA) is 46.2 Å². The third kappa shape index (κ3) is 3.10. The zero-order chi connectivity index (χ0) is 12.6. The van der Waals surface area contributed by atoms with Gasteiger partial charge in [0.15, 0.2) is 0 Å². The van der Waals surface area contributed by atoms with Crippen molar-refractivity contribution in [2.45, 2.75) is 44.0 Å². The molecule has 2 rings (SSSR count). The Balaban J connectivity index is 2.08. The molecule has 0 amide bonds. The summed E-state index contributed by atoms with van der Waals surface area (Å²) in [6.45, 7) is 3.96. The fourth-order valence-electron chi connectivity index (χ4n) is 2.04. The molecule has 0 bridgehead atoms. The molecule has 2 atom stereocenters. The highest BCUT2D eigenvalue weighted by Crippen LogP contribution is 2.37. The van der Waals surface area contributed by atoms with E-state index in [1.165, 1.54) is 11.3 Å². The maximum atomic E-state index is 12.1. The van der Waals surface area contributed by atoms with Crippen LogP contribution in [0.2, 0.25) is 0 Å². The number of hydrogen-bond acceptors (Lipinski definition) is 3. The highest BCUT2D eigenvalue weighted by Gasteiger charge is 2.39. The molecule has 1 aromatic heterocycles. The minimum atomic E-state index is -3.33. The molecule has 0 aliphatic heterocycles. The van der Waals surface area contributed by atoms with E-state index in [-0.39, 0.29) is 6.04 Å². The second kappa shape index (κ2) is 4.99. The molecule has 96 valence electrons. The van der Waals surface area contributed by atoms with Gasteiger partial charge in [-0.05, 0) is 47.7 Å². The number of rotatable bonds is 5. The van der Waals surface area contributed by atoms with Crippen molar-refractivity contribution in [3.05, 3.63) is 14.7 Å². The van der Waals surface area contributed by atoms with Crippen LogP contribution in [0.4, 0.5) is 0 Å². The Morgan fingerprint density at radius 2 is 2.29 bits per heavy atom. The molecule has 2 unspecified atom stereocenters. The van der Waals surface area contributed by atoms with Crippen molar-refractivity contribution in [2.24, 2.45) is 5.92 Å². The second-order valence-electron chi connectivity index (χ2n) is 4.48. The van der Waals surface area contributed by atoms with Gasteiger partial charge in [0, 0.05) is 10.9 Å². The lowest BCUT2D eigenvalue weighted by Gasteiger charge is -2.05. The third-order valence-electron chi connectivity index (χ3n) is 3.02. The summed E-state index contributed by atoms with van der Waals surface area (Å²) in [4.78, 5) is 1.24. The van der Waals surface area contributed by atoms with Gasteiger partial charge in [0.25, 0.3) is 0 Å². The van der Waals surface area contributed by atoms with Crippen molar-refractivity contribution in [2.75, 3.05) is 0 Å². The molecule has 1 heterocycles. The molecule has 3 nitrogen and oxygen atoms in total. The van der Waals surface area contributed by atoms with Crippen LogP contribution in [0.25, 0.3) is 0 Å². The molecule has 0 spiro atoms. The van der Waals surface area contributed by atoms with E-state index in [1.807, 2.05) is 6.92 Å². The van der Waals surface area contributed by atoms with Crippen molar-refractivity contribution in [1.82, 2.24) is 4.72 Å². The Bertz CT molecular complexity index is 510. The normalized spacial score (nSPS) is 23.9. The molecule has 1 N–H and O–H groups in total. The molecule has 1 aromatic rings. The van der Waals surface area contributed by atoms with Gasteiger partial charge in [0.05, 0.1) is 8.68 Å². The van der Waals surface area contributed by atoms with Gasteiger partial charge in [0.1, 0.15) is 0 Å². The summed E-state index contributed by atoms with van der Waals surface area (Å²) in [6, 6.07) is 1.83. The Hall–Kier alpha value is 0.0900. The van der Waals surface area contributed by atoms with Gasteiger partial charge in [-0.25, -0.2) is 13.1 Å². The van der Waals surface area contributed by atoms with Gasteiger partial charge in [-0.2, -0.15) is 0 Å². The molecule has 0 saturated heterocycles. The van der Waals surface area contributed by atoms with Crippen LogP contribution in [-0.4, -0.2) is 14.5 Å². The fourth-order valence-corrected chi connectivity index (χ4v) is 5.77. The van der Waals surface area contributed by atoms with E-state index in [4.69, 9.17) is 0 Å². The molecular weight excluding hydrogens is 322 g/mol. The van der Waals surface area contributed by atoms with Crippen LogP contribution in [0, 0.1) is 12.8 Å². The lowest BCUT2D eigenvalue weighted by Crippen LogP contribution is -2.27. The molecule has 1 saturated carbocycles. The lowest BCUT2D eigenvalue weighted by atomic mass is 10.2. The van der Waals surface area contributed by atoms with Crippen LogP contribution in [0.15, 0.2) is 14.7 Å². The average molecular weight is 338 g/mol. The Labute approximate surface area is 115 Å². The summed E-state index contributed by atoms with van der Waals surface area (Å²) in [6.07, 6.45) is 3.21. The SMILES string of the molecule is CCCC1CC1NS(=O)(=O)c1cc(Br)sc1C. The van der Waals surface area contributed by atoms with Gasteiger partial charge in [-0.15, -0.1) is 11.3 Å². The van der Waals surface area contributed by atoms with Crippen molar-refractivity contribution < 1.29 is 8.42 Å². The lowest BCUT2D eigenvalue weighted by molar-refractivity contribution is 0.573. The standard InChI is InChI=1S/C11H16BrNO2S2/c1-3-4-8-5-9(8)13-17(14,15)10-6-11(12)16-7(10)2/h6,8-9,13H,3-5H2,1-2H3. The zero-order valence-corrected chi connectivity index (χ0v) is 13.1. The summed E-state index contributed by atoms with van der Waals surface area (Å²) < 4.78 is 27.9. The second-order valence-corrected chi connectivity index (χ2v) is 8.80. The molecule has 0 radical (unpaired) electrons. The number of thiophene rings is 1. The highest BCUT2D eigenvalue weighted by molar-refractivity contribution is 9.11. The van der Waals surface area contributed by atoms with Gasteiger partial charge in [-0.1, -0.05) is 13.3 Å². The first kappa shape index (κ1) is 13.5. The minimum Gasteiger partial charge on any atom is -0.208 e. The zero-order valence-electron chi connectivity index (χ0n) is 9.86. The third-order valence-corrected chi connectivity index (χ3v) is 6.32. The predicted octanol–water partition coefficient (Wildman–Crippen LogP) is 3.29. The summed E-state index contributed by atoms with van der Waals surface area (Å²) in [7, 11) is -3.33. The largest absolute Gasteiger partial charge is 0.241 e. The summed E-state index contributed by atoms with van der Waals surface area (Å²) in [5, 5.41) is 0. The summed E-state index contributed by atoms with van der Waals surface area (Å²) >= 11 is 4.77. The first-order chi connectivity index (χ1) is 7.94. The fraction of sp³-hybridized carbons (Fsp3) is 0.636. The molecule has 1 aliphatic carbocycles. The van der Waals surface area contributed by atoms with E-state index < -0.39 is 10.0 Å². The molecule has 0 aromatic carbocycles. The molecule has 17 heavy (non-hydrogen) atoms. The first-order valence-electron chi connectivity index (χ1n) is 5.72.